The highest BCUT2D eigenvalue weighted by atomic mass is 19.1. The molecule has 1 heterocycles. The lowest BCUT2D eigenvalue weighted by molar-refractivity contribution is -0.155. The van der Waals surface area contributed by atoms with E-state index in [9.17, 15) is 14.0 Å². The second kappa shape index (κ2) is 15.7. The van der Waals surface area contributed by atoms with Crippen LogP contribution < -0.4 is 20.3 Å². The van der Waals surface area contributed by atoms with Gasteiger partial charge in [-0.25, -0.2) is 14.8 Å². The van der Waals surface area contributed by atoms with Gasteiger partial charge in [0.05, 0.1) is 13.7 Å². The molecule has 4 rings (SSSR count). The van der Waals surface area contributed by atoms with Crippen LogP contribution in [0.25, 0.3) is 0 Å². The first-order valence-corrected chi connectivity index (χ1v) is 15.3. The number of hydrogen-bond donors (Lipinski definition) is 3. The topological polar surface area (TPSA) is 128 Å². The number of nitrogens with one attached hydrogen (secondary N) is 2. The summed E-state index contributed by atoms with van der Waals surface area (Å²) in [6.45, 7) is 5.96. The van der Waals surface area contributed by atoms with Crippen LogP contribution in [0.3, 0.4) is 0 Å². The number of halogens is 1. The lowest BCUT2D eigenvalue weighted by Crippen LogP contribution is -2.53. The van der Waals surface area contributed by atoms with Crippen LogP contribution in [0.15, 0.2) is 77.8 Å². The van der Waals surface area contributed by atoms with Gasteiger partial charge in [-0.1, -0.05) is 30.3 Å². The van der Waals surface area contributed by atoms with Crippen molar-refractivity contribution in [2.75, 3.05) is 26.9 Å². The first-order valence-electron chi connectivity index (χ1n) is 15.3. The zero-order valence-corrected chi connectivity index (χ0v) is 26.7. The molecule has 1 aliphatic rings. The van der Waals surface area contributed by atoms with E-state index in [1.54, 1.807) is 88.5 Å². The molecule has 1 aliphatic heterocycles. The summed E-state index contributed by atoms with van der Waals surface area (Å²) >= 11 is 0. The van der Waals surface area contributed by atoms with Crippen molar-refractivity contribution < 1.29 is 38.0 Å². The third-order valence-electron chi connectivity index (χ3n) is 7.24. The maximum absolute atomic E-state index is 14.2. The fourth-order valence-corrected chi connectivity index (χ4v) is 5.01. The fourth-order valence-electron chi connectivity index (χ4n) is 5.01. The van der Waals surface area contributed by atoms with Gasteiger partial charge in [-0.15, -0.1) is 0 Å². The summed E-state index contributed by atoms with van der Waals surface area (Å²) in [7, 11) is 1.54. The molecule has 0 spiro atoms. The maximum atomic E-state index is 14.2. The summed E-state index contributed by atoms with van der Waals surface area (Å²) in [6.07, 6.45) is -0.249. The molecule has 0 aliphatic carbocycles. The van der Waals surface area contributed by atoms with Gasteiger partial charge in [-0.05, 0) is 87.2 Å². The molecule has 0 saturated carbocycles. The van der Waals surface area contributed by atoms with Crippen molar-refractivity contribution in [3.8, 4) is 11.5 Å². The standard InChI is InChI=1S/C35H42FN3O7/c1-34(2,3)46-30(41)17-19-35(33(42)39-37-20-18-24-9-5-6-12-29(24)36)31(26-10-7-11-28(23-26)43-4)45-32(38-35)25-13-15-27(16-14-25)44-22-8-21-40/h5-7,9-16,23,31,37,40H,8,17-22H2,1-4H3,(H,39,42)/t31-,35-/m0/s1. The molecule has 46 heavy (non-hydrogen) atoms. The van der Waals surface area contributed by atoms with E-state index in [0.29, 0.717) is 47.6 Å². The maximum Gasteiger partial charge on any atom is 0.306 e. The number of rotatable bonds is 15. The van der Waals surface area contributed by atoms with Crippen LogP contribution in [-0.2, 0) is 25.5 Å². The molecule has 0 bridgehead atoms. The Hall–Kier alpha value is -4.48. The summed E-state index contributed by atoms with van der Waals surface area (Å²) in [5, 5.41) is 9.04. The molecule has 3 N–H and O–H groups in total. The van der Waals surface area contributed by atoms with Crippen molar-refractivity contribution >= 4 is 17.8 Å². The zero-order chi connectivity index (χ0) is 33.2. The number of methoxy groups -OCH3 is 1. The lowest BCUT2D eigenvalue weighted by Gasteiger charge is -2.31. The van der Waals surface area contributed by atoms with E-state index >= 15 is 0 Å². The highest BCUT2D eigenvalue weighted by molar-refractivity contribution is 6.01. The minimum Gasteiger partial charge on any atom is -0.497 e. The Morgan fingerprint density at radius 3 is 2.50 bits per heavy atom. The number of benzene rings is 3. The van der Waals surface area contributed by atoms with Gasteiger partial charge in [0.2, 0.25) is 5.90 Å². The van der Waals surface area contributed by atoms with E-state index in [-0.39, 0.29) is 37.7 Å². The van der Waals surface area contributed by atoms with Crippen LogP contribution in [0.1, 0.15) is 62.8 Å². The molecule has 3 aromatic carbocycles. The molecule has 0 saturated heterocycles. The molecule has 10 nitrogen and oxygen atoms in total. The SMILES string of the molecule is COc1cccc([C@@H]2OC(c3ccc(OCCCO)cc3)=N[C@]2(CCC(=O)OC(C)(C)C)C(=O)NNCCc2ccccc2F)c1. The average molecular weight is 636 g/mol. The van der Waals surface area contributed by atoms with Gasteiger partial charge in [0.1, 0.15) is 22.9 Å². The summed E-state index contributed by atoms with van der Waals surface area (Å²) in [4.78, 5) is 32.0. The third-order valence-corrected chi connectivity index (χ3v) is 7.24. The Labute approximate surface area is 268 Å². The largest absolute Gasteiger partial charge is 0.497 e. The first kappa shape index (κ1) is 34.4. The smallest absolute Gasteiger partial charge is 0.306 e. The van der Waals surface area contributed by atoms with Gasteiger partial charge in [0, 0.05) is 31.6 Å². The fraction of sp³-hybridized carbons (Fsp3) is 0.400. The summed E-state index contributed by atoms with van der Waals surface area (Å²) in [5.74, 6) is 0.0312. The average Bonchev–Trinajstić information content (AvgIpc) is 3.43. The molecule has 0 fully saturated rings. The van der Waals surface area contributed by atoms with Crippen LogP contribution in [0.5, 0.6) is 11.5 Å². The minimum atomic E-state index is -1.60. The molecule has 1 amide bonds. The molecule has 2 atom stereocenters. The Kier molecular flexibility index (Phi) is 11.7. The number of nitrogens with zero attached hydrogens (tertiary/aromatic N) is 1. The molecular formula is C35H42FN3O7. The number of carbonyl (C=O) groups is 2. The Morgan fingerprint density at radius 1 is 1.04 bits per heavy atom. The number of carbonyl (C=O) groups excluding carboxylic acids is 2. The van der Waals surface area contributed by atoms with Crippen LogP contribution >= 0.6 is 0 Å². The highest BCUT2D eigenvalue weighted by Crippen LogP contribution is 2.44. The summed E-state index contributed by atoms with van der Waals surface area (Å²) in [5.41, 5.74) is 5.06. The van der Waals surface area contributed by atoms with Crippen LogP contribution in [0.2, 0.25) is 0 Å². The molecule has 246 valence electrons. The number of hydrazine groups is 1. The zero-order valence-electron chi connectivity index (χ0n) is 26.7. The number of esters is 1. The number of aliphatic hydroxyl groups excluding tert-OH is 1. The Morgan fingerprint density at radius 2 is 1.80 bits per heavy atom. The monoisotopic (exact) mass is 635 g/mol. The van der Waals surface area contributed by atoms with Crippen LogP contribution in [-0.4, -0.2) is 60.9 Å². The van der Waals surface area contributed by atoms with E-state index in [1.165, 1.54) is 6.07 Å². The van der Waals surface area contributed by atoms with Crippen molar-refractivity contribution in [3.63, 3.8) is 0 Å². The van der Waals surface area contributed by atoms with E-state index in [4.69, 9.17) is 29.0 Å². The van der Waals surface area contributed by atoms with Gasteiger partial charge in [0.15, 0.2) is 11.6 Å². The van der Waals surface area contributed by atoms with Crippen molar-refractivity contribution in [3.05, 3.63) is 95.3 Å². The summed E-state index contributed by atoms with van der Waals surface area (Å²) in [6, 6.07) is 20.6. The van der Waals surface area contributed by atoms with Crippen molar-refractivity contribution in [1.29, 1.82) is 0 Å². The van der Waals surface area contributed by atoms with Gasteiger partial charge in [-0.3, -0.25) is 15.0 Å². The van der Waals surface area contributed by atoms with E-state index in [2.05, 4.69) is 10.9 Å². The molecular weight excluding hydrogens is 593 g/mol. The minimum absolute atomic E-state index is 0.0276. The third kappa shape index (κ3) is 9.04. The molecule has 0 radical (unpaired) electrons. The quantitative estimate of drug-likeness (QED) is 0.123. The molecule has 0 unspecified atom stereocenters. The highest BCUT2D eigenvalue weighted by Gasteiger charge is 2.53. The Bertz CT molecular complexity index is 1510. The predicted octanol–water partition coefficient (Wildman–Crippen LogP) is 4.84. The van der Waals surface area contributed by atoms with Crippen molar-refractivity contribution in [2.24, 2.45) is 4.99 Å². The molecule has 0 aromatic heterocycles. The predicted molar refractivity (Wildman–Crippen MR) is 171 cm³/mol. The van der Waals surface area contributed by atoms with Crippen molar-refractivity contribution in [1.82, 2.24) is 10.9 Å². The number of ether oxygens (including phenoxy) is 4. The summed E-state index contributed by atoms with van der Waals surface area (Å²) < 4.78 is 37.3. The number of aliphatic imine (C=N–C) groups is 1. The van der Waals surface area contributed by atoms with Gasteiger partial charge >= 0.3 is 5.97 Å². The lowest BCUT2D eigenvalue weighted by atomic mass is 9.83. The van der Waals surface area contributed by atoms with E-state index in [0.717, 1.165) is 0 Å². The van der Waals surface area contributed by atoms with E-state index < -0.39 is 29.1 Å². The molecule has 11 heteroatoms. The number of aliphatic hydroxyl groups is 1. The number of amides is 1. The second-order valence-electron chi connectivity index (χ2n) is 11.9. The second-order valence-corrected chi connectivity index (χ2v) is 11.9. The number of hydrogen-bond acceptors (Lipinski definition) is 9. The van der Waals surface area contributed by atoms with Crippen molar-refractivity contribution in [2.45, 2.75) is 63.7 Å². The van der Waals surface area contributed by atoms with Crippen LogP contribution in [0.4, 0.5) is 4.39 Å². The van der Waals surface area contributed by atoms with Crippen LogP contribution in [0, 0.1) is 5.82 Å². The van der Waals surface area contributed by atoms with Gasteiger partial charge in [-0.2, -0.15) is 0 Å². The van der Waals surface area contributed by atoms with Gasteiger partial charge in [0.25, 0.3) is 5.91 Å². The molecule has 3 aromatic rings. The van der Waals surface area contributed by atoms with E-state index in [1.807, 2.05) is 6.07 Å². The Balaban J connectivity index is 1.67. The normalized spacial score (nSPS) is 17.5. The van der Waals surface area contributed by atoms with Gasteiger partial charge < -0.3 is 24.1 Å². The first-order chi connectivity index (χ1) is 22.0.